The van der Waals surface area contributed by atoms with Crippen LogP contribution < -0.4 is 0 Å². The average molecular weight is 497 g/mol. The maximum Gasteiger partial charge on any atom is 0.355 e. The van der Waals surface area contributed by atoms with Gasteiger partial charge < -0.3 is 9.72 Å². The molecule has 2 aromatic carbocycles. The number of aryl methyl sites for hydroxylation is 2. The van der Waals surface area contributed by atoms with Crippen LogP contribution in [-0.4, -0.2) is 30.3 Å². The van der Waals surface area contributed by atoms with Crippen LogP contribution in [0.15, 0.2) is 53.4 Å². The highest BCUT2D eigenvalue weighted by Gasteiger charge is 2.28. The van der Waals surface area contributed by atoms with Gasteiger partial charge in [-0.1, -0.05) is 55.8 Å². The van der Waals surface area contributed by atoms with Crippen molar-refractivity contribution in [3.8, 4) is 0 Å². The maximum absolute atomic E-state index is 13.8. The first kappa shape index (κ1) is 26.7. The van der Waals surface area contributed by atoms with Crippen LogP contribution in [0, 0.1) is 26.7 Å². The number of benzene rings is 2. The Morgan fingerprint density at radius 2 is 1.54 bits per heavy atom. The van der Waals surface area contributed by atoms with Crippen LogP contribution in [0.25, 0.3) is 0 Å². The Morgan fingerprint density at radius 1 is 0.943 bits per heavy atom. The van der Waals surface area contributed by atoms with E-state index in [0.717, 1.165) is 34.4 Å². The number of carbonyl (C=O) groups excluding carboxylic acids is 1. The summed E-state index contributed by atoms with van der Waals surface area (Å²) in [6.07, 6.45) is 0.895. The zero-order chi connectivity index (χ0) is 25.8. The molecule has 0 saturated heterocycles. The second kappa shape index (κ2) is 11.2. The van der Waals surface area contributed by atoms with Gasteiger partial charge >= 0.3 is 5.97 Å². The standard InChI is InChI=1S/C28H36N2O4S/c1-7-34-28(31)27-21(5)26(22(6)29-27)18-30(17-24-10-8-20(4)9-11-24)35(32,33)25-14-12-23(13-15-25)16-19(2)3/h8-15,19,29H,7,16-18H2,1-6H3. The van der Waals surface area contributed by atoms with Gasteiger partial charge in [0.15, 0.2) is 0 Å². The van der Waals surface area contributed by atoms with Crippen molar-refractivity contribution in [2.75, 3.05) is 6.61 Å². The average Bonchev–Trinajstić information content (AvgIpc) is 3.08. The van der Waals surface area contributed by atoms with E-state index >= 15 is 0 Å². The number of sulfonamides is 1. The van der Waals surface area contributed by atoms with Crippen LogP contribution in [0.1, 0.15) is 64.8 Å². The van der Waals surface area contributed by atoms with Gasteiger partial charge in [-0.05, 0) is 74.4 Å². The first-order valence-corrected chi connectivity index (χ1v) is 13.5. The fourth-order valence-corrected chi connectivity index (χ4v) is 5.55. The van der Waals surface area contributed by atoms with E-state index in [1.165, 1.54) is 4.31 Å². The molecule has 0 fully saturated rings. The van der Waals surface area contributed by atoms with Gasteiger partial charge in [0.2, 0.25) is 10.0 Å². The van der Waals surface area contributed by atoms with Crippen LogP contribution in [0.3, 0.4) is 0 Å². The fraction of sp³-hybridized carbons (Fsp3) is 0.393. The van der Waals surface area contributed by atoms with Crippen molar-refractivity contribution in [2.24, 2.45) is 5.92 Å². The Hall–Kier alpha value is -2.90. The molecule has 1 heterocycles. The summed E-state index contributed by atoms with van der Waals surface area (Å²) in [6, 6.07) is 15.0. The summed E-state index contributed by atoms with van der Waals surface area (Å²) in [7, 11) is -3.80. The van der Waals surface area contributed by atoms with Gasteiger partial charge in [0.1, 0.15) is 5.69 Å². The van der Waals surface area contributed by atoms with E-state index in [1.807, 2.05) is 57.2 Å². The number of ether oxygens (including phenoxy) is 1. The topological polar surface area (TPSA) is 79.5 Å². The van der Waals surface area contributed by atoms with Gasteiger partial charge in [-0.3, -0.25) is 0 Å². The number of esters is 1. The minimum atomic E-state index is -3.80. The summed E-state index contributed by atoms with van der Waals surface area (Å²) in [6.45, 7) is 12.3. The molecule has 1 N–H and O–H groups in total. The molecule has 3 aromatic rings. The summed E-state index contributed by atoms with van der Waals surface area (Å²) < 4.78 is 34.3. The fourth-order valence-electron chi connectivity index (χ4n) is 4.15. The minimum absolute atomic E-state index is 0.136. The Morgan fingerprint density at radius 3 is 2.11 bits per heavy atom. The molecule has 0 radical (unpaired) electrons. The molecule has 0 saturated carbocycles. The van der Waals surface area contributed by atoms with E-state index in [1.54, 1.807) is 19.1 Å². The Bertz CT molecular complexity index is 1260. The molecule has 6 nitrogen and oxygen atoms in total. The Kier molecular flexibility index (Phi) is 8.56. The van der Waals surface area contributed by atoms with Crippen LogP contribution >= 0.6 is 0 Å². The van der Waals surface area contributed by atoms with E-state index in [0.29, 0.717) is 17.2 Å². The van der Waals surface area contributed by atoms with E-state index in [4.69, 9.17) is 4.74 Å². The highest BCUT2D eigenvalue weighted by atomic mass is 32.2. The number of hydrogen-bond donors (Lipinski definition) is 1. The molecule has 0 spiro atoms. The van der Waals surface area contributed by atoms with Gasteiger partial charge in [-0.15, -0.1) is 0 Å². The number of rotatable bonds is 10. The molecule has 7 heteroatoms. The van der Waals surface area contributed by atoms with Crippen molar-refractivity contribution in [1.29, 1.82) is 0 Å². The predicted octanol–water partition coefficient (Wildman–Crippen LogP) is 5.71. The van der Waals surface area contributed by atoms with Crippen LogP contribution in [-0.2, 0) is 34.3 Å². The lowest BCUT2D eigenvalue weighted by molar-refractivity contribution is 0.0519. The Balaban J connectivity index is 2.00. The quantitative estimate of drug-likeness (QED) is 0.365. The summed E-state index contributed by atoms with van der Waals surface area (Å²) in [5, 5.41) is 0. The molecule has 188 valence electrons. The molecule has 0 unspecified atom stereocenters. The summed E-state index contributed by atoms with van der Waals surface area (Å²) >= 11 is 0. The lowest BCUT2D eigenvalue weighted by atomic mass is 10.0. The monoisotopic (exact) mass is 496 g/mol. The van der Waals surface area contributed by atoms with E-state index < -0.39 is 16.0 Å². The van der Waals surface area contributed by atoms with Crippen molar-refractivity contribution >= 4 is 16.0 Å². The van der Waals surface area contributed by atoms with Crippen molar-refractivity contribution in [2.45, 2.75) is 65.9 Å². The molecular formula is C28H36N2O4S. The van der Waals surface area contributed by atoms with Gasteiger partial charge in [-0.25, -0.2) is 13.2 Å². The lowest BCUT2D eigenvalue weighted by Gasteiger charge is -2.23. The SMILES string of the molecule is CCOC(=O)c1[nH]c(C)c(CN(Cc2ccc(C)cc2)S(=O)(=O)c2ccc(CC(C)C)cc2)c1C. The highest BCUT2D eigenvalue weighted by Crippen LogP contribution is 2.26. The van der Waals surface area contributed by atoms with Crippen LogP contribution in [0.2, 0.25) is 0 Å². The number of H-pyrrole nitrogens is 1. The van der Waals surface area contributed by atoms with Gasteiger partial charge in [0.05, 0.1) is 11.5 Å². The second-order valence-corrected chi connectivity index (χ2v) is 11.4. The van der Waals surface area contributed by atoms with Crippen molar-refractivity contribution < 1.29 is 17.9 Å². The molecule has 0 aliphatic carbocycles. The maximum atomic E-state index is 13.8. The number of hydrogen-bond acceptors (Lipinski definition) is 4. The summed E-state index contributed by atoms with van der Waals surface area (Å²) in [5.74, 6) is 0.0525. The largest absolute Gasteiger partial charge is 0.461 e. The molecule has 0 amide bonds. The third kappa shape index (κ3) is 6.41. The van der Waals surface area contributed by atoms with Crippen molar-refractivity contribution in [1.82, 2.24) is 9.29 Å². The highest BCUT2D eigenvalue weighted by molar-refractivity contribution is 7.89. The minimum Gasteiger partial charge on any atom is -0.461 e. The van der Waals surface area contributed by atoms with Gasteiger partial charge in [0, 0.05) is 18.8 Å². The molecule has 0 bridgehead atoms. The van der Waals surface area contributed by atoms with Crippen LogP contribution in [0.4, 0.5) is 0 Å². The number of aromatic nitrogens is 1. The first-order valence-electron chi connectivity index (χ1n) is 12.0. The summed E-state index contributed by atoms with van der Waals surface area (Å²) in [4.78, 5) is 15.7. The third-order valence-corrected chi connectivity index (χ3v) is 7.90. The number of aromatic amines is 1. The normalized spacial score (nSPS) is 11.9. The number of carbonyl (C=O) groups is 1. The lowest BCUT2D eigenvalue weighted by Crippen LogP contribution is -2.30. The molecule has 1 aromatic heterocycles. The molecule has 3 rings (SSSR count). The second-order valence-electron chi connectivity index (χ2n) is 9.45. The van der Waals surface area contributed by atoms with Gasteiger partial charge in [0.25, 0.3) is 0 Å². The van der Waals surface area contributed by atoms with E-state index in [2.05, 4.69) is 18.8 Å². The van der Waals surface area contributed by atoms with E-state index in [-0.39, 0.29) is 24.6 Å². The first-order chi connectivity index (χ1) is 16.5. The van der Waals surface area contributed by atoms with Gasteiger partial charge in [-0.2, -0.15) is 4.31 Å². The van der Waals surface area contributed by atoms with E-state index in [9.17, 15) is 13.2 Å². The number of nitrogens with one attached hydrogen (secondary N) is 1. The Labute approximate surface area is 209 Å². The third-order valence-electron chi connectivity index (χ3n) is 6.09. The molecule has 35 heavy (non-hydrogen) atoms. The van der Waals surface area contributed by atoms with Crippen molar-refractivity contribution in [3.63, 3.8) is 0 Å². The van der Waals surface area contributed by atoms with Crippen molar-refractivity contribution in [3.05, 3.63) is 87.7 Å². The van der Waals surface area contributed by atoms with Crippen LogP contribution in [0.5, 0.6) is 0 Å². The summed E-state index contributed by atoms with van der Waals surface area (Å²) in [5.41, 5.74) is 5.72. The smallest absolute Gasteiger partial charge is 0.355 e. The zero-order valence-electron chi connectivity index (χ0n) is 21.5. The predicted molar refractivity (Wildman–Crippen MR) is 139 cm³/mol. The number of nitrogens with zero attached hydrogens (tertiary/aromatic N) is 1. The molecule has 0 aliphatic rings. The molecular weight excluding hydrogens is 460 g/mol. The molecule has 0 aliphatic heterocycles. The molecule has 0 atom stereocenters. The zero-order valence-corrected chi connectivity index (χ0v) is 22.3.